The highest BCUT2D eigenvalue weighted by Gasteiger charge is 2.12. The molecule has 0 spiro atoms. The summed E-state index contributed by atoms with van der Waals surface area (Å²) in [6.45, 7) is 2.73. The second-order valence-electron chi connectivity index (χ2n) is 6.43. The van der Waals surface area contributed by atoms with Crippen molar-refractivity contribution in [1.29, 1.82) is 0 Å². The minimum absolute atomic E-state index is 0.0236. The van der Waals surface area contributed by atoms with Gasteiger partial charge < -0.3 is 14.2 Å². The fraction of sp³-hybridized carbons (Fsp3) is 0.174. The first-order valence-electron chi connectivity index (χ1n) is 9.50. The zero-order valence-electron chi connectivity index (χ0n) is 17.1. The SMILES string of the molecule is CCOc1ccc(N=Cc2cc(Cl)c(OCc3ccc([N+](=O)[O-])cc3)c(OC)c2)cc1. The molecule has 0 aliphatic heterocycles. The van der Waals surface area contributed by atoms with Gasteiger partial charge in [-0.05, 0) is 66.6 Å². The van der Waals surface area contributed by atoms with Gasteiger partial charge in [-0.2, -0.15) is 0 Å². The van der Waals surface area contributed by atoms with Crippen LogP contribution in [0, 0.1) is 10.1 Å². The van der Waals surface area contributed by atoms with Gasteiger partial charge in [-0.25, -0.2) is 0 Å². The largest absolute Gasteiger partial charge is 0.494 e. The summed E-state index contributed by atoms with van der Waals surface area (Å²) in [5.41, 5.74) is 2.32. The number of hydrogen-bond donors (Lipinski definition) is 0. The van der Waals surface area contributed by atoms with E-state index in [1.165, 1.54) is 19.2 Å². The summed E-state index contributed by atoms with van der Waals surface area (Å²) in [4.78, 5) is 14.8. The Morgan fingerprint density at radius 1 is 1.06 bits per heavy atom. The summed E-state index contributed by atoms with van der Waals surface area (Å²) in [5, 5.41) is 11.1. The van der Waals surface area contributed by atoms with Crippen LogP contribution in [0.15, 0.2) is 65.7 Å². The summed E-state index contributed by atoms with van der Waals surface area (Å²) in [7, 11) is 1.53. The Bertz CT molecular complexity index is 1070. The van der Waals surface area contributed by atoms with Crippen LogP contribution in [0.5, 0.6) is 17.2 Å². The van der Waals surface area contributed by atoms with E-state index in [1.807, 2.05) is 31.2 Å². The second kappa shape index (κ2) is 10.4. The Labute approximate surface area is 185 Å². The van der Waals surface area contributed by atoms with E-state index in [4.69, 9.17) is 25.8 Å². The van der Waals surface area contributed by atoms with E-state index in [2.05, 4.69) is 4.99 Å². The molecule has 0 saturated heterocycles. The van der Waals surface area contributed by atoms with Gasteiger partial charge in [0.05, 0.1) is 29.4 Å². The number of rotatable bonds is 9. The molecule has 0 radical (unpaired) electrons. The third kappa shape index (κ3) is 5.96. The van der Waals surface area contributed by atoms with Crippen LogP contribution in [-0.4, -0.2) is 24.9 Å². The van der Waals surface area contributed by atoms with Crippen LogP contribution in [0.3, 0.4) is 0 Å². The molecule has 0 N–H and O–H groups in total. The molecule has 0 fully saturated rings. The van der Waals surface area contributed by atoms with Crippen molar-refractivity contribution < 1.29 is 19.1 Å². The van der Waals surface area contributed by atoms with Crippen LogP contribution >= 0.6 is 11.6 Å². The lowest BCUT2D eigenvalue weighted by atomic mass is 10.2. The van der Waals surface area contributed by atoms with Crippen molar-refractivity contribution >= 4 is 29.2 Å². The topological polar surface area (TPSA) is 83.2 Å². The van der Waals surface area contributed by atoms with Crippen LogP contribution < -0.4 is 14.2 Å². The average molecular weight is 441 g/mol. The molecule has 0 bridgehead atoms. The molecule has 0 amide bonds. The third-order valence-corrected chi connectivity index (χ3v) is 4.57. The molecular weight excluding hydrogens is 420 g/mol. The maximum Gasteiger partial charge on any atom is 0.269 e. The first-order chi connectivity index (χ1) is 15.0. The minimum Gasteiger partial charge on any atom is -0.494 e. The molecule has 160 valence electrons. The van der Waals surface area contributed by atoms with Gasteiger partial charge in [-0.15, -0.1) is 0 Å². The van der Waals surface area contributed by atoms with Gasteiger partial charge in [0, 0.05) is 18.3 Å². The first-order valence-corrected chi connectivity index (χ1v) is 9.88. The van der Waals surface area contributed by atoms with Gasteiger partial charge in [-0.1, -0.05) is 11.6 Å². The lowest BCUT2D eigenvalue weighted by Gasteiger charge is -2.13. The number of halogens is 1. The number of nitro benzene ring substituents is 1. The highest BCUT2D eigenvalue weighted by atomic mass is 35.5. The number of benzene rings is 3. The molecule has 7 nitrogen and oxygen atoms in total. The van der Waals surface area contributed by atoms with Crippen LogP contribution in [0.2, 0.25) is 5.02 Å². The van der Waals surface area contributed by atoms with Crippen molar-refractivity contribution in [2.75, 3.05) is 13.7 Å². The van der Waals surface area contributed by atoms with Gasteiger partial charge in [0.1, 0.15) is 12.4 Å². The Hall–Kier alpha value is -3.58. The van der Waals surface area contributed by atoms with Crippen LogP contribution in [0.4, 0.5) is 11.4 Å². The lowest BCUT2D eigenvalue weighted by molar-refractivity contribution is -0.384. The molecule has 0 aliphatic carbocycles. The number of aliphatic imine (C=N–C) groups is 1. The van der Waals surface area contributed by atoms with Crippen molar-refractivity contribution in [3.8, 4) is 17.2 Å². The Morgan fingerprint density at radius 3 is 2.39 bits per heavy atom. The highest BCUT2D eigenvalue weighted by Crippen LogP contribution is 2.36. The Balaban J connectivity index is 1.72. The smallest absolute Gasteiger partial charge is 0.269 e. The normalized spacial score (nSPS) is 10.8. The van der Waals surface area contributed by atoms with E-state index in [0.29, 0.717) is 23.1 Å². The van der Waals surface area contributed by atoms with Crippen molar-refractivity contribution in [2.45, 2.75) is 13.5 Å². The summed E-state index contributed by atoms with van der Waals surface area (Å²) < 4.78 is 16.7. The van der Waals surface area contributed by atoms with Gasteiger partial charge in [0.2, 0.25) is 0 Å². The van der Waals surface area contributed by atoms with Gasteiger partial charge in [0.25, 0.3) is 5.69 Å². The van der Waals surface area contributed by atoms with E-state index < -0.39 is 4.92 Å². The number of methoxy groups -OCH3 is 1. The molecule has 0 aromatic heterocycles. The van der Waals surface area contributed by atoms with E-state index in [1.54, 1.807) is 30.5 Å². The quantitative estimate of drug-likeness (QED) is 0.232. The van der Waals surface area contributed by atoms with Gasteiger partial charge in [0.15, 0.2) is 11.5 Å². The van der Waals surface area contributed by atoms with Crippen molar-refractivity contribution in [2.24, 2.45) is 4.99 Å². The molecule has 3 rings (SSSR count). The zero-order chi connectivity index (χ0) is 22.2. The predicted molar refractivity (Wildman–Crippen MR) is 120 cm³/mol. The predicted octanol–water partition coefficient (Wildman–Crippen LogP) is 5.99. The van der Waals surface area contributed by atoms with Crippen molar-refractivity contribution in [1.82, 2.24) is 0 Å². The van der Waals surface area contributed by atoms with E-state index in [9.17, 15) is 10.1 Å². The molecule has 0 unspecified atom stereocenters. The average Bonchev–Trinajstić information content (AvgIpc) is 2.78. The zero-order valence-corrected chi connectivity index (χ0v) is 17.8. The fourth-order valence-electron chi connectivity index (χ4n) is 2.77. The van der Waals surface area contributed by atoms with Crippen LogP contribution in [0.1, 0.15) is 18.1 Å². The minimum atomic E-state index is -0.446. The first kappa shape index (κ1) is 22.1. The second-order valence-corrected chi connectivity index (χ2v) is 6.84. The molecule has 31 heavy (non-hydrogen) atoms. The third-order valence-electron chi connectivity index (χ3n) is 4.29. The number of hydrogen-bond acceptors (Lipinski definition) is 6. The molecule has 3 aromatic carbocycles. The number of nitro groups is 1. The van der Waals surface area contributed by atoms with Crippen LogP contribution in [0.25, 0.3) is 0 Å². The standard InChI is InChI=1S/C23H21ClN2O5/c1-3-30-20-10-6-18(7-11-20)25-14-17-12-21(24)23(22(13-17)29-2)31-15-16-4-8-19(9-5-16)26(27)28/h4-14H,3,15H2,1-2H3. The molecular formula is C23H21ClN2O5. The van der Waals surface area contributed by atoms with E-state index >= 15 is 0 Å². The lowest BCUT2D eigenvalue weighted by Crippen LogP contribution is -2.00. The molecule has 8 heteroatoms. The Kier molecular flexibility index (Phi) is 7.45. The molecule has 0 heterocycles. The van der Waals surface area contributed by atoms with Crippen molar-refractivity contribution in [3.63, 3.8) is 0 Å². The van der Waals surface area contributed by atoms with Crippen molar-refractivity contribution in [3.05, 3.63) is 86.9 Å². The van der Waals surface area contributed by atoms with E-state index in [-0.39, 0.29) is 12.3 Å². The van der Waals surface area contributed by atoms with Gasteiger partial charge >= 0.3 is 0 Å². The maximum atomic E-state index is 10.8. The number of non-ortho nitro benzene ring substituents is 1. The fourth-order valence-corrected chi connectivity index (χ4v) is 3.04. The summed E-state index contributed by atoms with van der Waals surface area (Å²) in [6.07, 6.45) is 1.68. The molecule has 3 aromatic rings. The summed E-state index contributed by atoms with van der Waals surface area (Å²) in [6, 6.07) is 17.1. The van der Waals surface area contributed by atoms with E-state index in [0.717, 1.165) is 22.6 Å². The van der Waals surface area contributed by atoms with Gasteiger partial charge in [-0.3, -0.25) is 15.1 Å². The Morgan fingerprint density at radius 2 is 1.77 bits per heavy atom. The molecule has 0 atom stereocenters. The maximum absolute atomic E-state index is 10.8. The number of ether oxygens (including phenoxy) is 3. The van der Waals surface area contributed by atoms with Crippen LogP contribution in [-0.2, 0) is 6.61 Å². The highest BCUT2D eigenvalue weighted by molar-refractivity contribution is 6.32. The summed E-state index contributed by atoms with van der Waals surface area (Å²) >= 11 is 6.41. The summed E-state index contributed by atoms with van der Waals surface area (Å²) in [5.74, 6) is 1.64. The number of nitrogens with zero attached hydrogens (tertiary/aromatic N) is 2. The monoisotopic (exact) mass is 440 g/mol. The molecule has 0 saturated carbocycles. The molecule has 0 aliphatic rings.